The van der Waals surface area contributed by atoms with Crippen molar-refractivity contribution in [2.24, 2.45) is 0 Å². The summed E-state index contributed by atoms with van der Waals surface area (Å²) in [4.78, 5) is 20.0. The first kappa shape index (κ1) is 24.7. The fourth-order valence-electron chi connectivity index (χ4n) is 0.572. The van der Waals surface area contributed by atoms with E-state index in [1.165, 1.54) is 27.7 Å². The molecule has 16 heavy (non-hydrogen) atoms. The van der Waals surface area contributed by atoms with Crippen molar-refractivity contribution in [3.63, 3.8) is 0 Å². The first-order valence-electron chi connectivity index (χ1n) is 3.97. The maximum Gasteiger partial charge on any atom is 1.00 e. The van der Waals surface area contributed by atoms with E-state index in [1.807, 2.05) is 0 Å². The van der Waals surface area contributed by atoms with Gasteiger partial charge in [0.25, 0.3) is 0 Å². The van der Waals surface area contributed by atoms with E-state index in [0.717, 1.165) is 12.2 Å². The minimum atomic E-state index is -0.187. The quantitative estimate of drug-likeness (QED) is 0.259. The third-order valence-electron chi connectivity index (χ3n) is 0.813. The van der Waals surface area contributed by atoms with Crippen molar-refractivity contribution in [1.29, 1.82) is 0 Å². The minimum Gasteiger partial charge on any atom is -0.876 e. The summed E-state index contributed by atoms with van der Waals surface area (Å²) >= 11 is 0. The van der Waals surface area contributed by atoms with Crippen LogP contribution >= 0.6 is 0 Å². The van der Waals surface area contributed by atoms with Gasteiger partial charge in [0.15, 0.2) is 11.6 Å². The van der Waals surface area contributed by atoms with Gasteiger partial charge in [0, 0.05) is 0 Å². The van der Waals surface area contributed by atoms with Crippen LogP contribution in [0.1, 0.15) is 27.7 Å². The molecule has 0 rings (SSSR count). The number of rotatable bonds is 2. The van der Waals surface area contributed by atoms with E-state index in [9.17, 15) is 19.8 Å². The van der Waals surface area contributed by atoms with Crippen molar-refractivity contribution in [3.05, 3.63) is 23.7 Å². The van der Waals surface area contributed by atoms with E-state index in [-0.39, 0.29) is 60.8 Å². The Labute approximate surface area is 120 Å². The molecule has 0 saturated carbocycles. The van der Waals surface area contributed by atoms with Crippen molar-refractivity contribution in [2.45, 2.75) is 27.7 Å². The number of carbonyl (C=O) groups excluding carboxylic acids is 2. The summed E-state index contributed by atoms with van der Waals surface area (Å²) in [6, 6.07) is 0. The Morgan fingerprint density at radius 3 is 0.938 bits per heavy atom. The van der Waals surface area contributed by atoms with E-state index in [4.69, 9.17) is 0 Å². The van der Waals surface area contributed by atoms with Gasteiger partial charge in [0.05, 0.1) is 0 Å². The van der Waals surface area contributed by atoms with Gasteiger partial charge >= 0.3 is 37.7 Å². The molecule has 0 aromatic carbocycles. The van der Waals surface area contributed by atoms with Gasteiger partial charge in [-0.25, -0.2) is 0 Å². The van der Waals surface area contributed by atoms with Gasteiger partial charge < -0.3 is 10.2 Å². The van der Waals surface area contributed by atoms with Crippen molar-refractivity contribution in [3.8, 4) is 0 Å². The van der Waals surface area contributed by atoms with Gasteiger partial charge in [-0.1, -0.05) is 13.8 Å². The maximum absolute atomic E-state index is 9.98. The van der Waals surface area contributed by atoms with E-state index >= 15 is 0 Å². The average Bonchev–Trinajstić information content (AvgIpc) is 1.79. The number of hydrogen-bond acceptors (Lipinski definition) is 4. The van der Waals surface area contributed by atoms with Crippen molar-refractivity contribution in [1.82, 2.24) is 0 Å². The molecule has 0 spiro atoms. The first-order chi connectivity index (χ1) is 6.25. The van der Waals surface area contributed by atoms with Crippen LogP contribution in [0.25, 0.3) is 0 Å². The van der Waals surface area contributed by atoms with Crippen LogP contribution in [0.2, 0.25) is 0 Å². The van der Waals surface area contributed by atoms with Gasteiger partial charge in [-0.05, 0) is 26.0 Å². The normalized spacial score (nSPS) is 10.0. The molecule has 6 heteroatoms. The average molecular weight is 212 g/mol. The maximum atomic E-state index is 9.98. The minimum absolute atomic E-state index is 0. The Bertz CT molecular complexity index is 234. The van der Waals surface area contributed by atoms with E-state index in [1.54, 1.807) is 0 Å². The summed E-state index contributed by atoms with van der Waals surface area (Å²) in [5.41, 5.74) is 0. The molecule has 0 atom stereocenters. The van der Waals surface area contributed by atoms with E-state index < -0.39 is 0 Å². The second-order valence-corrected chi connectivity index (χ2v) is 2.73. The molecule has 0 fully saturated rings. The molecular formula is C10H14Li2O4. The molecule has 0 bridgehead atoms. The summed E-state index contributed by atoms with van der Waals surface area (Å²) in [5.74, 6) is -0.750. The Hall–Kier alpha value is -0.385. The molecule has 0 aliphatic heterocycles. The third kappa shape index (κ3) is 37.4. The number of ketones is 2. The number of carbonyl (C=O) groups is 2. The zero-order valence-electron chi connectivity index (χ0n) is 10.8. The SMILES string of the molecule is CC(=O)/C=C(/C)[O-].CC(=O)/C=C(/C)[O-].[Li+].[Li+]. The molecule has 0 saturated heterocycles. The van der Waals surface area contributed by atoms with Gasteiger partial charge in [0.2, 0.25) is 0 Å². The fraction of sp³-hybridized carbons (Fsp3) is 0.400. The smallest absolute Gasteiger partial charge is 0.876 e. The molecule has 0 aliphatic carbocycles. The summed E-state index contributed by atoms with van der Waals surface area (Å²) in [6.07, 6.45) is 2.11. The zero-order chi connectivity index (χ0) is 11.7. The molecule has 0 heterocycles. The molecule has 80 valence electrons. The van der Waals surface area contributed by atoms with Crippen LogP contribution in [0, 0.1) is 0 Å². The van der Waals surface area contributed by atoms with Crippen LogP contribution in [-0.4, -0.2) is 11.6 Å². The Kier molecular flexibility index (Phi) is 22.6. The van der Waals surface area contributed by atoms with Crippen LogP contribution < -0.4 is 47.9 Å². The zero-order valence-corrected chi connectivity index (χ0v) is 10.8. The summed E-state index contributed by atoms with van der Waals surface area (Å²) in [5, 5.41) is 20.0. The number of hydrogen-bond donors (Lipinski definition) is 0. The summed E-state index contributed by atoms with van der Waals surface area (Å²) in [6.45, 7) is 5.39. The fourth-order valence-corrected chi connectivity index (χ4v) is 0.572. The monoisotopic (exact) mass is 212 g/mol. The molecule has 0 aromatic rings. The predicted octanol–water partition coefficient (Wildman–Crippen LogP) is -6.31. The van der Waals surface area contributed by atoms with Crippen LogP contribution in [-0.2, 0) is 9.59 Å². The van der Waals surface area contributed by atoms with E-state index in [0.29, 0.717) is 0 Å². The third-order valence-corrected chi connectivity index (χ3v) is 0.813. The van der Waals surface area contributed by atoms with Gasteiger partial charge in [-0.15, -0.1) is 11.5 Å². The van der Waals surface area contributed by atoms with Gasteiger partial charge in [-0.3, -0.25) is 9.59 Å². The Morgan fingerprint density at radius 2 is 0.938 bits per heavy atom. The van der Waals surface area contributed by atoms with E-state index in [2.05, 4.69) is 0 Å². The largest absolute Gasteiger partial charge is 1.00 e. The van der Waals surface area contributed by atoms with Crippen LogP contribution in [0.4, 0.5) is 0 Å². The van der Waals surface area contributed by atoms with Crippen LogP contribution in [0.3, 0.4) is 0 Å². The molecule has 0 aliphatic rings. The topological polar surface area (TPSA) is 80.3 Å². The van der Waals surface area contributed by atoms with Crippen molar-refractivity contribution >= 4 is 11.6 Å². The summed E-state index contributed by atoms with van der Waals surface area (Å²) in [7, 11) is 0. The van der Waals surface area contributed by atoms with Crippen molar-refractivity contribution in [2.75, 3.05) is 0 Å². The van der Waals surface area contributed by atoms with Gasteiger partial charge in [-0.2, -0.15) is 0 Å². The van der Waals surface area contributed by atoms with Crippen LogP contribution in [0.5, 0.6) is 0 Å². The molecule has 0 amide bonds. The summed E-state index contributed by atoms with van der Waals surface area (Å²) < 4.78 is 0. The molecule has 0 N–H and O–H groups in total. The molecule has 0 aromatic heterocycles. The standard InChI is InChI=1S/2C5H8O2.2Li/c2*1-4(6)3-5(2)7;;/h2*3,6H,1-2H3;;/q;;2*+1/p-2/b2*4-3-;;. The second-order valence-electron chi connectivity index (χ2n) is 2.73. The Balaban J connectivity index is -0.0000000800. The van der Waals surface area contributed by atoms with Crippen LogP contribution in [0.15, 0.2) is 23.7 Å². The van der Waals surface area contributed by atoms with Crippen molar-refractivity contribution < 1.29 is 57.5 Å². The number of allylic oxidation sites excluding steroid dienone is 4. The molecule has 4 nitrogen and oxygen atoms in total. The molecule has 0 unspecified atom stereocenters. The first-order valence-corrected chi connectivity index (χ1v) is 3.97. The van der Waals surface area contributed by atoms with Gasteiger partial charge in [0.1, 0.15) is 0 Å². The molecule has 0 radical (unpaired) electrons. The predicted molar refractivity (Wildman–Crippen MR) is 48.9 cm³/mol. The second kappa shape index (κ2) is 14.6. The Morgan fingerprint density at radius 1 is 0.750 bits per heavy atom. The molecular weight excluding hydrogens is 198 g/mol.